The Hall–Kier alpha value is -0.840. The third-order valence-corrected chi connectivity index (χ3v) is 3.83. The summed E-state index contributed by atoms with van der Waals surface area (Å²) in [5.41, 5.74) is 1.40. The molecular weight excluding hydrogens is 272 g/mol. The zero-order valence-corrected chi connectivity index (χ0v) is 10.1. The molecule has 0 saturated carbocycles. The first-order valence-electron chi connectivity index (χ1n) is 4.42. The standard InChI is InChI=1S/C10H4Cl2FNOS/c11-5-2-8-4(1-6(5)13)9-7(3-15-8)14-10(12)16-9/h1-2H,3H2. The zero-order valence-electron chi connectivity index (χ0n) is 7.76. The molecule has 0 unspecified atom stereocenters. The molecule has 0 atom stereocenters. The van der Waals surface area contributed by atoms with Gasteiger partial charge in [0.15, 0.2) is 4.47 Å². The Balaban J connectivity index is 2.27. The molecule has 0 spiro atoms. The van der Waals surface area contributed by atoms with Gasteiger partial charge in [0.25, 0.3) is 0 Å². The van der Waals surface area contributed by atoms with Gasteiger partial charge in [-0.3, -0.25) is 0 Å². The van der Waals surface area contributed by atoms with Crippen LogP contribution in [0.1, 0.15) is 5.69 Å². The Morgan fingerprint density at radius 2 is 2.19 bits per heavy atom. The summed E-state index contributed by atoms with van der Waals surface area (Å²) in [6.07, 6.45) is 0. The predicted molar refractivity (Wildman–Crippen MR) is 61.9 cm³/mol. The Morgan fingerprint density at radius 3 is 3.00 bits per heavy atom. The van der Waals surface area contributed by atoms with Gasteiger partial charge in [0.2, 0.25) is 0 Å². The van der Waals surface area contributed by atoms with Crippen LogP contribution < -0.4 is 4.74 Å². The lowest BCUT2D eigenvalue weighted by Gasteiger charge is -2.16. The van der Waals surface area contributed by atoms with E-state index in [1.165, 1.54) is 23.5 Å². The molecular formula is C10H4Cl2FNOS. The number of hydrogen-bond donors (Lipinski definition) is 0. The summed E-state index contributed by atoms with van der Waals surface area (Å²) in [6, 6.07) is 2.83. The number of aromatic nitrogens is 1. The van der Waals surface area contributed by atoms with E-state index < -0.39 is 5.82 Å². The summed E-state index contributed by atoms with van der Waals surface area (Å²) >= 11 is 12.8. The van der Waals surface area contributed by atoms with Gasteiger partial charge in [-0.2, -0.15) is 0 Å². The molecule has 3 rings (SSSR count). The van der Waals surface area contributed by atoms with Crippen LogP contribution in [-0.4, -0.2) is 4.98 Å². The molecule has 1 aromatic carbocycles. The predicted octanol–water partition coefficient (Wildman–Crippen LogP) is 4.15. The molecule has 82 valence electrons. The van der Waals surface area contributed by atoms with Gasteiger partial charge in [-0.1, -0.05) is 23.2 Å². The van der Waals surface area contributed by atoms with E-state index in [2.05, 4.69) is 4.98 Å². The van der Waals surface area contributed by atoms with E-state index in [9.17, 15) is 4.39 Å². The van der Waals surface area contributed by atoms with Gasteiger partial charge in [0.05, 0.1) is 15.6 Å². The van der Waals surface area contributed by atoms with Crippen LogP contribution in [0.2, 0.25) is 9.49 Å². The molecule has 1 aliphatic heterocycles. The van der Waals surface area contributed by atoms with Crippen molar-refractivity contribution in [1.82, 2.24) is 4.98 Å². The molecule has 1 aliphatic rings. The Kier molecular flexibility index (Phi) is 2.31. The summed E-state index contributed by atoms with van der Waals surface area (Å²) in [4.78, 5) is 4.95. The fraction of sp³-hybridized carbons (Fsp3) is 0.100. The lowest BCUT2D eigenvalue weighted by Crippen LogP contribution is -2.04. The lowest BCUT2D eigenvalue weighted by molar-refractivity contribution is 0.298. The molecule has 0 aliphatic carbocycles. The first kappa shape index (κ1) is 10.3. The van der Waals surface area contributed by atoms with Gasteiger partial charge >= 0.3 is 0 Å². The molecule has 2 heterocycles. The van der Waals surface area contributed by atoms with Crippen molar-refractivity contribution in [1.29, 1.82) is 0 Å². The van der Waals surface area contributed by atoms with Crippen LogP contribution in [0.25, 0.3) is 10.4 Å². The van der Waals surface area contributed by atoms with Crippen molar-refractivity contribution in [2.45, 2.75) is 6.61 Å². The molecule has 0 amide bonds. The minimum Gasteiger partial charge on any atom is -0.487 e. The summed E-state index contributed by atoms with van der Waals surface area (Å²) in [5.74, 6) is 0.0978. The van der Waals surface area contributed by atoms with E-state index in [0.29, 0.717) is 22.4 Å². The van der Waals surface area contributed by atoms with E-state index in [0.717, 1.165) is 10.6 Å². The normalized spacial score (nSPS) is 12.9. The number of rotatable bonds is 0. The number of fused-ring (bicyclic) bond motifs is 3. The van der Waals surface area contributed by atoms with Crippen LogP contribution in [0.3, 0.4) is 0 Å². The van der Waals surface area contributed by atoms with E-state index in [1.54, 1.807) is 0 Å². The van der Waals surface area contributed by atoms with Crippen LogP contribution in [0, 0.1) is 5.82 Å². The first-order valence-corrected chi connectivity index (χ1v) is 6.00. The number of benzene rings is 1. The highest BCUT2D eigenvalue weighted by atomic mass is 35.5. The molecule has 0 radical (unpaired) electrons. The minimum atomic E-state index is -0.471. The Labute approximate surface area is 105 Å². The van der Waals surface area contributed by atoms with Crippen LogP contribution in [0.4, 0.5) is 4.39 Å². The summed E-state index contributed by atoms with van der Waals surface area (Å²) in [6.45, 7) is 0.341. The molecule has 0 N–H and O–H groups in total. The number of nitrogens with zero attached hydrogens (tertiary/aromatic N) is 1. The highest BCUT2D eigenvalue weighted by Gasteiger charge is 2.23. The van der Waals surface area contributed by atoms with E-state index >= 15 is 0 Å². The van der Waals surface area contributed by atoms with Crippen molar-refractivity contribution in [3.63, 3.8) is 0 Å². The Bertz CT molecular complexity index is 584. The Morgan fingerprint density at radius 1 is 1.38 bits per heavy atom. The van der Waals surface area contributed by atoms with Crippen molar-refractivity contribution in [3.05, 3.63) is 33.1 Å². The number of hydrogen-bond acceptors (Lipinski definition) is 3. The minimum absolute atomic E-state index is 0.0535. The smallest absolute Gasteiger partial charge is 0.184 e. The van der Waals surface area contributed by atoms with Crippen molar-refractivity contribution in [2.24, 2.45) is 0 Å². The second-order valence-electron chi connectivity index (χ2n) is 3.29. The average molecular weight is 276 g/mol. The maximum absolute atomic E-state index is 13.4. The fourth-order valence-electron chi connectivity index (χ4n) is 1.60. The van der Waals surface area contributed by atoms with Crippen molar-refractivity contribution in [2.75, 3.05) is 0 Å². The molecule has 0 saturated heterocycles. The molecule has 2 aromatic rings. The molecule has 6 heteroatoms. The molecule has 1 aromatic heterocycles. The lowest BCUT2D eigenvalue weighted by atomic mass is 10.1. The zero-order chi connectivity index (χ0) is 11.3. The first-order chi connectivity index (χ1) is 7.65. The van der Waals surface area contributed by atoms with Gasteiger partial charge in [-0.05, 0) is 6.07 Å². The van der Waals surface area contributed by atoms with Gasteiger partial charge in [0, 0.05) is 11.6 Å². The largest absolute Gasteiger partial charge is 0.487 e. The van der Waals surface area contributed by atoms with Gasteiger partial charge in [0.1, 0.15) is 18.2 Å². The summed E-state index contributed by atoms with van der Waals surface area (Å²) < 4.78 is 19.2. The highest BCUT2D eigenvalue weighted by Crippen LogP contribution is 2.43. The molecule has 0 fully saturated rings. The fourth-order valence-corrected chi connectivity index (χ4v) is 2.91. The quantitative estimate of drug-likeness (QED) is 0.721. The average Bonchev–Trinajstić information content (AvgIpc) is 2.61. The van der Waals surface area contributed by atoms with Crippen LogP contribution >= 0.6 is 34.5 Å². The molecule has 16 heavy (non-hydrogen) atoms. The van der Waals surface area contributed by atoms with Crippen LogP contribution in [0.5, 0.6) is 5.75 Å². The summed E-state index contributed by atoms with van der Waals surface area (Å²) in [7, 11) is 0. The van der Waals surface area contributed by atoms with E-state index in [1.807, 2.05) is 0 Å². The van der Waals surface area contributed by atoms with Crippen LogP contribution in [0.15, 0.2) is 12.1 Å². The molecule has 0 bridgehead atoms. The SMILES string of the molecule is Fc1cc2c(cc1Cl)OCc1nc(Cl)sc1-2. The third kappa shape index (κ3) is 1.49. The van der Waals surface area contributed by atoms with Crippen molar-refractivity contribution in [3.8, 4) is 16.2 Å². The third-order valence-electron chi connectivity index (χ3n) is 2.30. The van der Waals surface area contributed by atoms with E-state index in [-0.39, 0.29) is 5.02 Å². The maximum atomic E-state index is 13.4. The topological polar surface area (TPSA) is 22.1 Å². The second kappa shape index (κ2) is 3.58. The number of ether oxygens (including phenoxy) is 1. The number of thiazole rings is 1. The van der Waals surface area contributed by atoms with Gasteiger partial charge in [-0.25, -0.2) is 9.37 Å². The number of halogens is 3. The molecule has 2 nitrogen and oxygen atoms in total. The highest BCUT2D eigenvalue weighted by molar-refractivity contribution is 7.19. The monoisotopic (exact) mass is 275 g/mol. The van der Waals surface area contributed by atoms with Gasteiger partial charge < -0.3 is 4.74 Å². The second-order valence-corrected chi connectivity index (χ2v) is 5.28. The van der Waals surface area contributed by atoms with Crippen molar-refractivity contribution < 1.29 is 9.13 Å². The van der Waals surface area contributed by atoms with Gasteiger partial charge in [-0.15, -0.1) is 11.3 Å². The maximum Gasteiger partial charge on any atom is 0.184 e. The summed E-state index contributed by atoms with van der Waals surface area (Å²) in [5, 5.41) is 0.0535. The van der Waals surface area contributed by atoms with E-state index in [4.69, 9.17) is 27.9 Å². The van der Waals surface area contributed by atoms with Crippen LogP contribution in [-0.2, 0) is 6.61 Å². The van der Waals surface area contributed by atoms with Crippen molar-refractivity contribution >= 4 is 34.5 Å².